The Kier molecular flexibility index (Phi) is 2.77. The molecule has 0 unspecified atom stereocenters. The van der Waals surface area contributed by atoms with E-state index in [-0.39, 0.29) is 17.1 Å². The molecule has 17 heavy (non-hydrogen) atoms. The Morgan fingerprint density at radius 3 is 2.88 bits per heavy atom. The number of pyridine rings is 1. The van der Waals surface area contributed by atoms with Crippen molar-refractivity contribution in [1.82, 2.24) is 20.4 Å². The lowest BCUT2D eigenvalue weighted by molar-refractivity contribution is 0.0697. The third kappa shape index (κ3) is 2.25. The zero-order valence-electron chi connectivity index (χ0n) is 8.41. The fourth-order valence-electron chi connectivity index (χ4n) is 1.16. The zero-order chi connectivity index (χ0) is 12.3. The SMILES string of the molecule is O=C(Nc1ncccc1C(=O)O)c1cn[nH]n1. The van der Waals surface area contributed by atoms with E-state index in [1.807, 2.05) is 0 Å². The van der Waals surface area contributed by atoms with Gasteiger partial charge in [0.1, 0.15) is 11.4 Å². The van der Waals surface area contributed by atoms with Crippen LogP contribution in [0.15, 0.2) is 24.5 Å². The minimum absolute atomic E-state index is 0.0343. The summed E-state index contributed by atoms with van der Waals surface area (Å²) < 4.78 is 0. The molecule has 0 aromatic carbocycles. The maximum Gasteiger partial charge on any atom is 0.339 e. The van der Waals surface area contributed by atoms with Gasteiger partial charge in [0, 0.05) is 6.20 Å². The predicted molar refractivity (Wildman–Crippen MR) is 55.5 cm³/mol. The maximum absolute atomic E-state index is 11.6. The van der Waals surface area contributed by atoms with Crippen LogP contribution in [-0.2, 0) is 0 Å². The van der Waals surface area contributed by atoms with Crippen LogP contribution in [0, 0.1) is 0 Å². The standard InChI is InChI=1S/C9H7N5O3/c15-8(6-4-11-14-13-6)12-7-5(9(16)17)2-1-3-10-7/h1-4H,(H,16,17)(H,10,12,15)(H,11,13,14). The van der Waals surface area contributed by atoms with Crippen LogP contribution >= 0.6 is 0 Å². The van der Waals surface area contributed by atoms with Gasteiger partial charge in [0.15, 0.2) is 5.69 Å². The lowest BCUT2D eigenvalue weighted by Crippen LogP contribution is -2.16. The van der Waals surface area contributed by atoms with E-state index in [1.54, 1.807) is 0 Å². The number of nitrogens with one attached hydrogen (secondary N) is 2. The molecule has 0 aliphatic carbocycles. The van der Waals surface area contributed by atoms with Gasteiger partial charge < -0.3 is 10.4 Å². The Labute approximate surface area is 94.7 Å². The van der Waals surface area contributed by atoms with Gasteiger partial charge in [-0.25, -0.2) is 9.78 Å². The van der Waals surface area contributed by atoms with Crippen molar-refractivity contribution in [2.24, 2.45) is 0 Å². The number of amides is 1. The highest BCUT2D eigenvalue weighted by atomic mass is 16.4. The molecule has 0 aliphatic heterocycles. The van der Waals surface area contributed by atoms with Crippen molar-refractivity contribution in [3.8, 4) is 0 Å². The number of carboxylic acids is 1. The van der Waals surface area contributed by atoms with Gasteiger partial charge in [0.25, 0.3) is 5.91 Å². The highest BCUT2D eigenvalue weighted by molar-refractivity contribution is 6.05. The van der Waals surface area contributed by atoms with E-state index < -0.39 is 11.9 Å². The van der Waals surface area contributed by atoms with Crippen molar-refractivity contribution in [3.63, 3.8) is 0 Å². The molecule has 86 valence electrons. The molecule has 2 aromatic heterocycles. The van der Waals surface area contributed by atoms with Crippen LogP contribution in [0.4, 0.5) is 5.82 Å². The van der Waals surface area contributed by atoms with E-state index in [2.05, 4.69) is 25.7 Å². The topological polar surface area (TPSA) is 121 Å². The molecule has 3 N–H and O–H groups in total. The van der Waals surface area contributed by atoms with Crippen LogP contribution in [0.1, 0.15) is 20.8 Å². The van der Waals surface area contributed by atoms with Crippen LogP contribution < -0.4 is 5.32 Å². The number of H-pyrrole nitrogens is 1. The Morgan fingerprint density at radius 2 is 2.24 bits per heavy atom. The summed E-state index contributed by atoms with van der Waals surface area (Å²) in [5.41, 5.74) is -0.0451. The van der Waals surface area contributed by atoms with E-state index >= 15 is 0 Å². The number of hydrogen-bond acceptors (Lipinski definition) is 5. The van der Waals surface area contributed by atoms with Crippen LogP contribution in [0.5, 0.6) is 0 Å². The smallest absolute Gasteiger partial charge is 0.339 e. The molecule has 0 fully saturated rings. The number of rotatable bonds is 3. The lowest BCUT2D eigenvalue weighted by Gasteiger charge is -2.04. The van der Waals surface area contributed by atoms with Gasteiger partial charge in [-0.15, -0.1) is 0 Å². The van der Waals surface area contributed by atoms with Crippen molar-refractivity contribution in [2.45, 2.75) is 0 Å². The summed E-state index contributed by atoms with van der Waals surface area (Å²) in [6, 6.07) is 2.81. The third-order valence-electron chi connectivity index (χ3n) is 1.92. The van der Waals surface area contributed by atoms with Gasteiger partial charge in [-0.1, -0.05) is 0 Å². The first kappa shape index (κ1) is 10.7. The molecule has 0 atom stereocenters. The predicted octanol–water partition coefficient (Wildman–Crippen LogP) is 0.150. The summed E-state index contributed by atoms with van der Waals surface area (Å²) in [7, 11) is 0. The van der Waals surface area contributed by atoms with Crippen LogP contribution in [0.25, 0.3) is 0 Å². The zero-order valence-corrected chi connectivity index (χ0v) is 8.41. The molecule has 2 aromatic rings. The Hall–Kier alpha value is -2.77. The monoisotopic (exact) mass is 233 g/mol. The molecule has 1 amide bonds. The van der Waals surface area contributed by atoms with Crippen molar-refractivity contribution in [1.29, 1.82) is 0 Å². The number of hydrogen-bond donors (Lipinski definition) is 3. The minimum atomic E-state index is -1.17. The highest BCUT2D eigenvalue weighted by Gasteiger charge is 2.15. The summed E-state index contributed by atoms with van der Waals surface area (Å²) in [6.07, 6.45) is 2.60. The van der Waals surface area contributed by atoms with E-state index in [0.717, 1.165) is 0 Å². The molecule has 0 saturated heterocycles. The van der Waals surface area contributed by atoms with Crippen LogP contribution in [0.2, 0.25) is 0 Å². The van der Waals surface area contributed by atoms with Gasteiger partial charge >= 0.3 is 5.97 Å². The quantitative estimate of drug-likeness (QED) is 0.693. The Balaban J connectivity index is 2.25. The van der Waals surface area contributed by atoms with E-state index in [0.29, 0.717) is 0 Å². The first-order valence-electron chi connectivity index (χ1n) is 4.54. The first-order chi connectivity index (χ1) is 8.18. The van der Waals surface area contributed by atoms with Gasteiger partial charge in [-0.2, -0.15) is 15.4 Å². The number of carboxylic acid groups (broad SMARTS) is 1. The molecule has 2 rings (SSSR count). The van der Waals surface area contributed by atoms with Gasteiger partial charge in [0.05, 0.1) is 6.20 Å². The van der Waals surface area contributed by atoms with Gasteiger partial charge in [0.2, 0.25) is 0 Å². The molecule has 8 heteroatoms. The first-order valence-corrected chi connectivity index (χ1v) is 4.54. The Morgan fingerprint density at radius 1 is 1.41 bits per heavy atom. The average Bonchev–Trinajstić information content (AvgIpc) is 2.83. The second kappa shape index (κ2) is 4.39. The molecule has 0 spiro atoms. The molecule has 2 heterocycles. The fraction of sp³-hybridized carbons (Fsp3) is 0. The van der Waals surface area contributed by atoms with Gasteiger partial charge in [-0.05, 0) is 12.1 Å². The molecule has 0 saturated carbocycles. The largest absolute Gasteiger partial charge is 0.478 e. The van der Waals surface area contributed by atoms with Crippen LogP contribution in [0.3, 0.4) is 0 Å². The number of anilines is 1. The van der Waals surface area contributed by atoms with Crippen molar-refractivity contribution in [3.05, 3.63) is 35.8 Å². The normalized spacial score (nSPS) is 9.88. The average molecular weight is 233 g/mol. The van der Waals surface area contributed by atoms with Crippen molar-refractivity contribution < 1.29 is 14.7 Å². The third-order valence-corrected chi connectivity index (χ3v) is 1.92. The molecular formula is C9H7N5O3. The highest BCUT2D eigenvalue weighted by Crippen LogP contribution is 2.11. The van der Waals surface area contributed by atoms with E-state index in [4.69, 9.17) is 5.11 Å². The molecule has 0 radical (unpaired) electrons. The number of carbonyl (C=O) groups is 2. The molecule has 0 bridgehead atoms. The number of aromatic nitrogens is 4. The minimum Gasteiger partial charge on any atom is -0.478 e. The molecule has 0 aliphatic rings. The summed E-state index contributed by atoms with van der Waals surface area (Å²) >= 11 is 0. The Bertz CT molecular complexity index is 552. The second-order valence-electron chi connectivity index (χ2n) is 3.01. The number of carbonyl (C=O) groups excluding carboxylic acids is 1. The van der Waals surface area contributed by atoms with Gasteiger partial charge in [-0.3, -0.25) is 4.79 Å². The number of aromatic amines is 1. The maximum atomic E-state index is 11.6. The molecule has 8 nitrogen and oxygen atoms in total. The van der Waals surface area contributed by atoms with Crippen LogP contribution in [-0.4, -0.2) is 37.4 Å². The molecular weight excluding hydrogens is 226 g/mol. The van der Waals surface area contributed by atoms with Crippen molar-refractivity contribution in [2.75, 3.05) is 5.32 Å². The number of aromatic carboxylic acids is 1. The summed E-state index contributed by atoms with van der Waals surface area (Å²) in [4.78, 5) is 26.2. The summed E-state index contributed by atoms with van der Waals surface area (Å²) in [5, 5.41) is 20.5. The fourth-order valence-corrected chi connectivity index (χ4v) is 1.16. The lowest BCUT2D eigenvalue weighted by atomic mass is 10.2. The van der Waals surface area contributed by atoms with E-state index in [9.17, 15) is 9.59 Å². The van der Waals surface area contributed by atoms with E-state index in [1.165, 1.54) is 24.5 Å². The van der Waals surface area contributed by atoms with Crippen molar-refractivity contribution >= 4 is 17.7 Å². The number of nitrogens with zero attached hydrogens (tertiary/aromatic N) is 3. The summed E-state index contributed by atoms with van der Waals surface area (Å²) in [5.74, 6) is -1.79. The summed E-state index contributed by atoms with van der Waals surface area (Å²) in [6.45, 7) is 0. The second-order valence-corrected chi connectivity index (χ2v) is 3.01.